The van der Waals surface area contributed by atoms with E-state index in [-0.39, 0.29) is 60.1 Å². The molecule has 0 aliphatic carbocycles. The van der Waals surface area contributed by atoms with Gasteiger partial charge in [-0.3, -0.25) is 9.59 Å². The summed E-state index contributed by atoms with van der Waals surface area (Å²) in [5, 5.41) is 1.48. The number of halogens is 3. The number of piperidine rings is 1. The summed E-state index contributed by atoms with van der Waals surface area (Å²) >= 11 is 1.36. The van der Waals surface area contributed by atoms with Crippen molar-refractivity contribution < 1.29 is 22.8 Å². The highest BCUT2D eigenvalue weighted by atomic mass is 32.2. The number of fused-ring (bicyclic) bond motifs is 1. The molecule has 4 rings (SSSR count). The van der Waals surface area contributed by atoms with Crippen molar-refractivity contribution in [2.75, 3.05) is 19.6 Å². The predicted octanol–water partition coefficient (Wildman–Crippen LogP) is 2.66. The number of carbonyl (C=O) groups is 2. The lowest BCUT2D eigenvalue weighted by atomic mass is 9.98. The predicted molar refractivity (Wildman–Crippen MR) is 113 cm³/mol. The van der Waals surface area contributed by atoms with Gasteiger partial charge in [0.2, 0.25) is 11.8 Å². The molecule has 2 N–H and O–H groups in total. The van der Waals surface area contributed by atoms with E-state index in [1.54, 1.807) is 16.4 Å². The van der Waals surface area contributed by atoms with E-state index in [2.05, 4.69) is 16.9 Å². The Kier molecular flexibility index (Phi) is 6.49. The summed E-state index contributed by atoms with van der Waals surface area (Å²) in [6, 6.07) is -0.527. The van der Waals surface area contributed by atoms with E-state index in [9.17, 15) is 22.8 Å². The summed E-state index contributed by atoms with van der Waals surface area (Å²) in [5.41, 5.74) is 5.57. The van der Waals surface area contributed by atoms with Crippen LogP contribution in [0.1, 0.15) is 54.2 Å². The average molecular weight is 470 g/mol. The highest BCUT2D eigenvalue weighted by molar-refractivity contribution is 8.03. The molecule has 174 valence electrons. The lowest BCUT2D eigenvalue weighted by molar-refractivity contribution is -0.142. The van der Waals surface area contributed by atoms with E-state index in [0.29, 0.717) is 25.4 Å². The number of nitrogens with zero attached hydrogens (tertiary/aromatic N) is 4. The molecule has 2 amide bonds. The van der Waals surface area contributed by atoms with Crippen molar-refractivity contribution in [3.05, 3.63) is 34.3 Å². The minimum absolute atomic E-state index is 0.000264. The summed E-state index contributed by atoms with van der Waals surface area (Å²) in [4.78, 5) is 36.3. The lowest BCUT2D eigenvalue weighted by Crippen LogP contribution is -2.48. The molecule has 3 aliphatic heterocycles. The van der Waals surface area contributed by atoms with Crippen molar-refractivity contribution in [3.8, 4) is 0 Å². The van der Waals surface area contributed by atoms with E-state index >= 15 is 0 Å². The normalized spacial score (nSPS) is 24.2. The summed E-state index contributed by atoms with van der Waals surface area (Å²) in [5.74, 6) is 0.318. The van der Waals surface area contributed by atoms with Gasteiger partial charge in [-0.05, 0) is 24.2 Å². The smallest absolute Gasteiger partial charge is 0.341 e. The third-order valence-corrected chi connectivity index (χ3v) is 7.04. The Morgan fingerprint density at radius 1 is 1.34 bits per heavy atom. The Balaban J connectivity index is 1.44. The van der Waals surface area contributed by atoms with Crippen LogP contribution in [0.25, 0.3) is 0 Å². The summed E-state index contributed by atoms with van der Waals surface area (Å²) < 4.78 is 40.8. The van der Waals surface area contributed by atoms with Crippen LogP contribution in [0, 0.1) is 5.92 Å². The van der Waals surface area contributed by atoms with Gasteiger partial charge in [-0.1, -0.05) is 13.0 Å². The summed E-state index contributed by atoms with van der Waals surface area (Å²) in [7, 11) is 0. The number of rotatable bonds is 5. The third kappa shape index (κ3) is 4.93. The maximum atomic E-state index is 13.6. The zero-order chi connectivity index (χ0) is 23.0. The minimum Gasteiger partial charge on any atom is -0.341 e. The first-order chi connectivity index (χ1) is 15.1. The van der Waals surface area contributed by atoms with E-state index in [1.807, 2.05) is 0 Å². The Labute approximate surface area is 188 Å². The van der Waals surface area contributed by atoms with Gasteiger partial charge in [0, 0.05) is 44.1 Å². The lowest BCUT2D eigenvalue weighted by Gasteiger charge is -2.34. The molecule has 0 aromatic carbocycles. The highest BCUT2D eigenvalue weighted by Crippen LogP contribution is 2.40. The van der Waals surface area contributed by atoms with Gasteiger partial charge >= 0.3 is 6.18 Å². The maximum Gasteiger partial charge on any atom is 0.433 e. The van der Waals surface area contributed by atoms with Crippen LogP contribution >= 0.6 is 11.8 Å². The number of hydrogen-bond donors (Lipinski definition) is 1. The zero-order valence-corrected chi connectivity index (χ0v) is 18.6. The van der Waals surface area contributed by atoms with Crippen LogP contribution < -0.4 is 5.73 Å². The van der Waals surface area contributed by atoms with Gasteiger partial charge in [0.1, 0.15) is 5.82 Å². The Morgan fingerprint density at radius 3 is 2.75 bits per heavy atom. The molecule has 1 aromatic rings. The van der Waals surface area contributed by atoms with Gasteiger partial charge in [0.05, 0.1) is 17.5 Å². The van der Waals surface area contributed by atoms with Gasteiger partial charge in [0.25, 0.3) is 0 Å². The number of nitrogens with two attached hydrogens (primary N) is 1. The van der Waals surface area contributed by atoms with E-state index < -0.39 is 17.9 Å². The highest BCUT2D eigenvalue weighted by Gasteiger charge is 2.40. The number of thioether (sulfide) groups is 1. The van der Waals surface area contributed by atoms with Crippen molar-refractivity contribution in [2.45, 2.75) is 56.6 Å². The second-order valence-corrected chi connectivity index (χ2v) is 9.76. The molecule has 0 spiro atoms. The second-order valence-electron chi connectivity index (χ2n) is 8.71. The fraction of sp³-hybridized carbons (Fsp3) is 0.619. The molecule has 1 aromatic heterocycles. The molecule has 4 heterocycles. The number of likely N-dealkylation sites (tertiary alicyclic amines) is 1. The molecular formula is C21H26F3N5O2S. The zero-order valence-electron chi connectivity index (χ0n) is 17.8. The van der Waals surface area contributed by atoms with Crippen LogP contribution in [0.4, 0.5) is 13.2 Å². The second kappa shape index (κ2) is 9.01. The number of amides is 2. The van der Waals surface area contributed by atoms with Crippen LogP contribution in [0.2, 0.25) is 0 Å². The fourth-order valence-corrected chi connectivity index (χ4v) is 4.84. The third-order valence-electron chi connectivity index (χ3n) is 6.06. The van der Waals surface area contributed by atoms with Crippen LogP contribution in [0.15, 0.2) is 11.5 Å². The fourth-order valence-electron chi connectivity index (χ4n) is 4.30. The quantitative estimate of drug-likeness (QED) is 0.713. The SMILES string of the molecule is C[C@@H]1CCC(=O)N(C[C@@H](N)CC(=O)N2CCc3c(nc(C4C=CS4)nc3C(F)(F)F)C2)C1. The molecular weight excluding hydrogens is 443 g/mol. The van der Waals surface area contributed by atoms with E-state index in [4.69, 9.17) is 5.73 Å². The topological polar surface area (TPSA) is 92.4 Å². The van der Waals surface area contributed by atoms with Gasteiger partial charge in [-0.25, -0.2) is 9.97 Å². The molecule has 1 saturated heterocycles. The molecule has 11 heteroatoms. The van der Waals surface area contributed by atoms with Gasteiger partial charge in [-0.2, -0.15) is 13.2 Å². The standard InChI is InChI=1S/C21H26F3N5O2S/c1-12-2-3-17(30)29(9-12)10-13(25)8-18(31)28-6-4-14-15(11-28)26-20(16-5-7-32-16)27-19(14)21(22,23)24/h5,7,12-13,16H,2-4,6,8-11,25H2,1H3/t12-,13+,16?/m1/s1. The largest absolute Gasteiger partial charge is 0.433 e. The Hall–Kier alpha value is -2.14. The first-order valence-electron chi connectivity index (χ1n) is 10.7. The van der Waals surface area contributed by atoms with Crippen molar-refractivity contribution in [1.29, 1.82) is 0 Å². The molecule has 0 saturated carbocycles. The maximum absolute atomic E-state index is 13.6. The van der Waals surface area contributed by atoms with Crippen molar-refractivity contribution in [1.82, 2.24) is 19.8 Å². The summed E-state index contributed by atoms with van der Waals surface area (Å²) in [6.45, 7) is 3.16. The first-order valence-corrected chi connectivity index (χ1v) is 11.7. The monoisotopic (exact) mass is 469 g/mol. The summed E-state index contributed by atoms with van der Waals surface area (Å²) in [6.07, 6.45) is -1.41. The van der Waals surface area contributed by atoms with Gasteiger partial charge < -0.3 is 15.5 Å². The Bertz CT molecular complexity index is 939. The van der Waals surface area contributed by atoms with Crippen LogP contribution in [0.3, 0.4) is 0 Å². The minimum atomic E-state index is -4.58. The molecule has 3 atom stereocenters. The number of carbonyl (C=O) groups excluding carboxylic acids is 2. The molecule has 0 radical (unpaired) electrons. The molecule has 3 aliphatic rings. The van der Waals surface area contributed by atoms with Crippen molar-refractivity contribution >= 4 is 23.6 Å². The molecule has 0 bridgehead atoms. The van der Waals surface area contributed by atoms with Crippen molar-refractivity contribution in [2.24, 2.45) is 11.7 Å². The van der Waals surface area contributed by atoms with Gasteiger partial charge in [-0.15, -0.1) is 11.8 Å². The molecule has 1 fully saturated rings. The number of hydrogen-bond acceptors (Lipinski definition) is 6. The molecule has 7 nitrogen and oxygen atoms in total. The van der Waals surface area contributed by atoms with Crippen molar-refractivity contribution in [3.63, 3.8) is 0 Å². The molecule has 32 heavy (non-hydrogen) atoms. The van der Waals surface area contributed by atoms with Gasteiger partial charge in [0.15, 0.2) is 5.69 Å². The van der Waals surface area contributed by atoms with E-state index in [0.717, 1.165) is 6.42 Å². The average Bonchev–Trinajstić information content (AvgIpc) is 2.67. The first kappa shape index (κ1) is 23.0. The number of aromatic nitrogens is 2. The number of alkyl halides is 3. The van der Waals surface area contributed by atoms with E-state index in [1.165, 1.54) is 16.7 Å². The Morgan fingerprint density at radius 2 is 2.09 bits per heavy atom. The molecule has 1 unspecified atom stereocenters. The van der Waals surface area contributed by atoms with Crippen LogP contribution in [-0.2, 0) is 28.7 Å². The van der Waals surface area contributed by atoms with Crippen LogP contribution in [-0.4, -0.2) is 57.3 Å². The van der Waals surface area contributed by atoms with Crippen LogP contribution in [0.5, 0.6) is 0 Å².